The predicted molar refractivity (Wildman–Crippen MR) is 68.3 cm³/mol. The van der Waals surface area contributed by atoms with Crippen LogP contribution in [0.3, 0.4) is 0 Å². The van der Waals surface area contributed by atoms with Crippen LogP contribution in [-0.4, -0.2) is 13.2 Å². The molecule has 0 saturated heterocycles. The van der Waals surface area contributed by atoms with Crippen LogP contribution in [0.2, 0.25) is 0 Å². The van der Waals surface area contributed by atoms with Crippen molar-refractivity contribution in [2.24, 2.45) is 0 Å². The molecule has 0 heterocycles. The number of ether oxygens (including phenoxy) is 1. The third-order valence-corrected chi connectivity index (χ3v) is 2.55. The number of nitrogens with zero attached hydrogens (tertiary/aromatic N) is 1. The maximum absolute atomic E-state index is 8.70. The highest BCUT2D eigenvalue weighted by Crippen LogP contribution is 2.12. The van der Waals surface area contributed by atoms with E-state index in [1.165, 1.54) is 11.8 Å². The van der Waals surface area contributed by atoms with E-state index in [0.29, 0.717) is 12.2 Å². The molecule has 3 nitrogen and oxygen atoms in total. The summed E-state index contributed by atoms with van der Waals surface area (Å²) in [7, 11) is 0. The number of hydrogen-bond acceptors (Lipinski definition) is 3. The first-order valence-electron chi connectivity index (χ1n) is 5.74. The van der Waals surface area contributed by atoms with Crippen LogP contribution in [0.4, 0.5) is 0 Å². The van der Waals surface area contributed by atoms with Crippen molar-refractivity contribution in [2.45, 2.75) is 19.4 Å². The van der Waals surface area contributed by atoms with Crippen molar-refractivity contribution < 1.29 is 4.74 Å². The van der Waals surface area contributed by atoms with Crippen LogP contribution in [0.25, 0.3) is 0 Å². The summed E-state index contributed by atoms with van der Waals surface area (Å²) in [5, 5.41) is 12.1. The van der Waals surface area contributed by atoms with Gasteiger partial charge in [-0.3, -0.25) is 0 Å². The summed E-state index contributed by atoms with van der Waals surface area (Å²) in [5.41, 5.74) is 1.88. The second-order valence-corrected chi connectivity index (χ2v) is 3.80. The van der Waals surface area contributed by atoms with Crippen LogP contribution in [0.1, 0.15) is 30.5 Å². The Hall–Kier alpha value is -1.79. The highest BCUT2D eigenvalue weighted by Gasteiger charge is 2.03. The lowest BCUT2D eigenvalue weighted by Gasteiger charge is -2.14. The molecule has 0 amide bonds. The number of nitriles is 1. The molecule has 0 bridgehead atoms. The summed E-state index contributed by atoms with van der Waals surface area (Å²) >= 11 is 0. The van der Waals surface area contributed by atoms with Gasteiger partial charge in [0.25, 0.3) is 0 Å². The Balaban J connectivity index is 2.33. The molecule has 1 N–H and O–H groups in total. The molecule has 1 atom stereocenters. The van der Waals surface area contributed by atoms with E-state index in [-0.39, 0.29) is 6.04 Å². The summed E-state index contributed by atoms with van der Waals surface area (Å²) in [4.78, 5) is 0. The van der Waals surface area contributed by atoms with Gasteiger partial charge in [-0.25, -0.2) is 0 Å². The third-order valence-electron chi connectivity index (χ3n) is 2.55. The Morgan fingerprint density at radius 1 is 1.47 bits per heavy atom. The molecule has 1 rings (SSSR count). The Kier molecular flexibility index (Phi) is 5.84. The van der Waals surface area contributed by atoms with E-state index in [4.69, 9.17) is 10.00 Å². The molecule has 0 radical (unpaired) electrons. The Labute approximate surface area is 103 Å². The van der Waals surface area contributed by atoms with Gasteiger partial charge in [0, 0.05) is 6.04 Å². The van der Waals surface area contributed by atoms with E-state index >= 15 is 0 Å². The lowest BCUT2D eigenvalue weighted by molar-refractivity contribution is 0.243. The van der Waals surface area contributed by atoms with Crippen molar-refractivity contribution in [3.63, 3.8) is 0 Å². The number of benzene rings is 1. The van der Waals surface area contributed by atoms with E-state index in [2.05, 4.69) is 24.9 Å². The molecule has 0 aromatic heterocycles. The van der Waals surface area contributed by atoms with Gasteiger partial charge in [-0.2, -0.15) is 5.26 Å². The molecule has 17 heavy (non-hydrogen) atoms. The molecule has 1 aromatic rings. The molecule has 1 unspecified atom stereocenters. The van der Waals surface area contributed by atoms with E-state index in [1.54, 1.807) is 0 Å². The number of nitrogens with one attached hydrogen (secondary N) is 1. The topological polar surface area (TPSA) is 45.0 Å². The van der Waals surface area contributed by atoms with Gasteiger partial charge in [-0.05, 0) is 37.6 Å². The first-order chi connectivity index (χ1) is 8.27. The zero-order valence-corrected chi connectivity index (χ0v) is 10.1. The second-order valence-electron chi connectivity index (χ2n) is 3.80. The van der Waals surface area contributed by atoms with Crippen molar-refractivity contribution in [2.75, 3.05) is 13.2 Å². The van der Waals surface area contributed by atoms with E-state index in [1.807, 2.05) is 24.3 Å². The van der Waals surface area contributed by atoms with Gasteiger partial charge < -0.3 is 10.1 Å². The fraction of sp³-hybridized carbons (Fsp3) is 0.357. The highest BCUT2D eigenvalue weighted by molar-refractivity contribution is 5.32. The van der Waals surface area contributed by atoms with Crippen molar-refractivity contribution in [3.8, 4) is 6.07 Å². The summed E-state index contributed by atoms with van der Waals surface area (Å²) in [6.45, 7) is 7.18. The molecule has 0 fully saturated rings. The largest absolute Gasteiger partial charge is 0.502 e. The van der Waals surface area contributed by atoms with Gasteiger partial charge in [-0.15, -0.1) is 0 Å². The van der Waals surface area contributed by atoms with Crippen molar-refractivity contribution in [3.05, 3.63) is 48.2 Å². The zero-order chi connectivity index (χ0) is 12.5. The molecule has 0 saturated carbocycles. The van der Waals surface area contributed by atoms with Gasteiger partial charge in [0.2, 0.25) is 0 Å². The van der Waals surface area contributed by atoms with Crippen LogP contribution in [0, 0.1) is 11.3 Å². The average Bonchev–Trinajstić information content (AvgIpc) is 2.38. The molecule has 3 heteroatoms. The maximum atomic E-state index is 8.70. The lowest BCUT2D eigenvalue weighted by Crippen LogP contribution is -2.20. The molecule has 0 aliphatic rings. The van der Waals surface area contributed by atoms with Crippen molar-refractivity contribution in [1.82, 2.24) is 5.32 Å². The van der Waals surface area contributed by atoms with Crippen LogP contribution < -0.4 is 5.32 Å². The van der Waals surface area contributed by atoms with Gasteiger partial charge in [-0.1, -0.05) is 18.7 Å². The van der Waals surface area contributed by atoms with Gasteiger partial charge in [0.1, 0.15) is 0 Å². The van der Waals surface area contributed by atoms with Crippen molar-refractivity contribution >= 4 is 0 Å². The van der Waals surface area contributed by atoms with Crippen LogP contribution in [0.15, 0.2) is 37.1 Å². The van der Waals surface area contributed by atoms with E-state index in [0.717, 1.165) is 13.0 Å². The minimum Gasteiger partial charge on any atom is -0.502 e. The third kappa shape index (κ3) is 4.71. The second kappa shape index (κ2) is 7.48. The molecular weight excluding hydrogens is 212 g/mol. The van der Waals surface area contributed by atoms with Crippen molar-refractivity contribution in [1.29, 1.82) is 5.26 Å². The normalized spacial score (nSPS) is 11.5. The van der Waals surface area contributed by atoms with E-state index < -0.39 is 0 Å². The van der Waals surface area contributed by atoms with Gasteiger partial charge in [0.05, 0.1) is 24.5 Å². The SMILES string of the molecule is C=COCCCNC(C)c1ccc(C#N)cc1. The maximum Gasteiger partial charge on any atom is 0.0991 e. The van der Waals surface area contributed by atoms with Crippen LogP contribution >= 0.6 is 0 Å². The predicted octanol–water partition coefficient (Wildman–Crippen LogP) is 2.76. The zero-order valence-electron chi connectivity index (χ0n) is 10.1. The first-order valence-corrected chi connectivity index (χ1v) is 5.74. The standard InChI is InChI=1S/C14H18N2O/c1-3-17-10-4-9-16-12(2)14-7-5-13(11-15)6-8-14/h3,5-8,12,16H,1,4,9-10H2,2H3. The Morgan fingerprint density at radius 3 is 2.76 bits per heavy atom. The van der Waals surface area contributed by atoms with Crippen LogP contribution in [-0.2, 0) is 4.74 Å². The molecule has 0 aliphatic heterocycles. The smallest absolute Gasteiger partial charge is 0.0991 e. The molecule has 0 spiro atoms. The summed E-state index contributed by atoms with van der Waals surface area (Å²) < 4.78 is 5.04. The highest BCUT2D eigenvalue weighted by atomic mass is 16.5. The summed E-state index contributed by atoms with van der Waals surface area (Å²) in [6.07, 6.45) is 2.41. The molecule has 0 aliphatic carbocycles. The Morgan fingerprint density at radius 2 is 2.18 bits per heavy atom. The number of rotatable bonds is 7. The minimum absolute atomic E-state index is 0.284. The quantitative estimate of drug-likeness (QED) is 0.578. The fourth-order valence-corrected chi connectivity index (χ4v) is 1.52. The minimum atomic E-state index is 0.284. The monoisotopic (exact) mass is 230 g/mol. The molecule has 1 aromatic carbocycles. The number of hydrogen-bond donors (Lipinski definition) is 1. The summed E-state index contributed by atoms with van der Waals surface area (Å²) in [5.74, 6) is 0. The lowest BCUT2D eigenvalue weighted by atomic mass is 10.1. The fourth-order valence-electron chi connectivity index (χ4n) is 1.52. The van der Waals surface area contributed by atoms with Crippen LogP contribution in [0.5, 0.6) is 0 Å². The summed E-state index contributed by atoms with van der Waals surface area (Å²) in [6, 6.07) is 10.0. The molecular formula is C14H18N2O. The molecule has 90 valence electrons. The van der Waals surface area contributed by atoms with Gasteiger partial charge in [0.15, 0.2) is 0 Å². The first kappa shape index (κ1) is 13.3. The Bertz CT molecular complexity index is 378. The van der Waals surface area contributed by atoms with Gasteiger partial charge >= 0.3 is 0 Å². The average molecular weight is 230 g/mol. The van der Waals surface area contributed by atoms with E-state index in [9.17, 15) is 0 Å².